The van der Waals surface area contributed by atoms with Crippen molar-refractivity contribution in [2.45, 2.75) is 13.0 Å². The van der Waals surface area contributed by atoms with E-state index in [1.807, 2.05) is 0 Å². The maximum atomic E-state index is 12.7. The zero-order valence-corrected chi connectivity index (χ0v) is 20.5. The van der Waals surface area contributed by atoms with E-state index in [-0.39, 0.29) is 22.9 Å². The minimum atomic E-state index is -1.12. The number of carboxylic acids is 1. The second-order valence-corrected chi connectivity index (χ2v) is 7.91. The van der Waals surface area contributed by atoms with E-state index in [1.54, 1.807) is 24.3 Å². The Hall–Kier alpha value is -5.19. The third kappa shape index (κ3) is 7.65. The molecule has 38 heavy (non-hydrogen) atoms. The Bertz CT molecular complexity index is 1320. The van der Waals surface area contributed by atoms with Crippen LogP contribution in [-0.2, 0) is 4.79 Å². The lowest BCUT2D eigenvalue weighted by Crippen LogP contribution is -2.38. The zero-order chi connectivity index (χ0) is 27.7. The summed E-state index contributed by atoms with van der Waals surface area (Å²) < 4.78 is 15.2. The van der Waals surface area contributed by atoms with Gasteiger partial charge in [0, 0.05) is 16.7 Å². The normalized spacial score (nSPS) is 11.0. The maximum absolute atomic E-state index is 12.7. The number of rotatable bonds is 10. The second kappa shape index (κ2) is 12.7. The van der Waals surface area contributed by atoms with Crippen LogP contribution < -0.4 is 24.8 Å². The SMILES string of the molecule is COc1ccc(OC(=O)NC(=N)c2ccc(C(=O)NC(C)C(=O)c3ccc(OCC(=O)O)cc3)cc2)cc1. The van der Waals surface area contributed by atoms with E-state index in [9.17, 15) is 19.2 Å². The minimum absolute atomic E-state index is 0.227. The first-order valence-corrected chi connectivity index (χ1v) is 11.3. The van der Waals surface area contributed by atoms with Gasteiger partial charge in [-0.05, 0) is 67.6 Å². The predicted octanol–water partition coefficient (Wildman–Crippen LogP) is 3.27. The predicted molar refractivity (Wildman–Crippen MR) is 136 cm³/mol. The van der Waals surface area contributed by atoms with E-state index in [2.05, 4.69) is 10.6 Å². The molecule has 1 unspecified atom stereocenters. The monoisotopic (exact) mass is 519 g/mol. The molecule has 0 heterocycles. The molecule has 1 atom stereocenters. The molecule has 2 amide bonds. The van der Waals surface area contributed by atoms with Gasteiger partial charge in [0.05, 0.1) is 13.2 Å². The van der Waals surface area contributed by atoms with Crippen molar-refractivity contribution < 1.29 is 38.5 Å². The van der Waals surface area contributed by atoms with Crippen LogP contribution >= 0.6 is 0 Å². The number of methoxy groups -OCH3 is 1. The Morgan fingerprint density at radius 3 is 1.92 bits per heavy atom. The molecule has 11 heteroatoms. The van der Waals surface area contributed by atoms with Gasteiger partial charge in [0.1, 0.15) is 23.1 Å². The van der Waals surface area contributed by atoms with E-state index >= 15 is 0 Å². The first-order chi connectivity index (χ1) is 18.2. The molecule has 0 saturated heterocycles. The van der Waals surface area contributed by atoms with E-state index in [0.29, 0.717) is 22.6 Å². The number of nitrogens with one attached hydrogen (secondary N) is 3. The summed E-state index contributed by atoms with van der Waals surface area (Å²) in [6.45, 7) is 1.04. The molecule has 0 spiro atoms. The van der Waals surface area contributed by atoms with Crippen LogP contribution in [0, 0.1) is 5.41 Å². The smallest absolute Gasteiger partial charge is 0.418 e. The Morgan fingerprint density at radius 1 is 0.816 bits per heavy atom. The van der Waals surface area contributed by atoms with Crippen molar-refractivity contribution in [3.05, 3.63) is 89.5 Å². The van der Waals surface area contributed by atoms with Crippen LogP contribution in [0.4, 0.5) is 4.79 Å². The average Bonchev–Trinajstić information content (AvgIpc) is 2.92. The number of carboxylic acid groups (broad SMARTS) is 1. The van der Waals surface area contributed by atoms with Crippen molar-refractivity contribution in [3.63, 3.8) is 0 Å². The van der Waals surface area contributed by atoms with Crippen LogP contribution in [0.25, 0.3) is 0 Å². The molecule has 0 fully saturated rings. The Kier molecular flexibility index (Phi) is 9.14. The van der Waals surface area contributed by atoms with Crippen LogP contribution in [-0.4, -0.2) is 54.5 Å². The molecule has 196 valence electrons. The number of amides is 2. The van der Waals surface area contributed by atoms with Crippen molar-refractivity contribution in [2.24, 2.45) is 0 Å². The molecule has 0 aliphatic rings. The molecule has 0 aliphatic heterocycles. The van der Waals surface area contributed by atoms with Crippen LogP contribution in [0.3, 0.4) is 0 Å². The number of ether oxygens (including phenoxy) is 3. The molecule has 3 aromatic carbocycles. The van der Waals surface area contributed by atoms with Gasteiger partial charge in [0.25, 0.3) is 5.91 Å². The van der Waals surface area contributed by atoms with E-state index in [1.165, 1.54) is 62.6 Å². The first-order valence-electron chi connectivity index (χ1n) is 11.3. The highest BCUT2D eigenvalue weighted by atomic mass is 16.6. The number of hydrogen-bond acceptors (Lipinski definition) is 8. The number of ketones is 1. The summed E-state index contributed by atoms with van der Waals surface area (Å²) in [7, 11) is 1.52. The third-order valence-corrected chi connectivity index (χ3v) is 5.17. The molecule has 0 aromatic heterocycles. The fourth-order valence-corrected chi connectivity index (χ4v) is 3.19. The summed E-state index contributed by atoms with van der Waals surface area (Å²) in [5.41, 5.74) is 0.902. The van der Waals surface area contributed by atoms with Gasteiger partial charge < -0.3 is 24.6 Å². The summed E-state index contributed by atoms with van der Waals surface area (Å²) in [4.78, 5) is 47.9. The van der Waals surface area contributed by atoms with Crippen molar-refractivity contribution in [1.29, 1.82) is 5.41 Å². The number of Topliss-reactive ketones (excluding diaryl/α,β-unsaturated/α-hetero) is 1. The highest BCUT2D eigenvalue weighted by molar-refractivity contribution is 6.06. The number of hydrogen-bond donors (Lipinski definition) is 4. The molecule has 0 radical (unpaired) electrons. The lowest BCUT2D eigenvalue weighted by molar-refractivity contribution is -0.139. The standard InChI is InChI=1S/C27H25N3O8/c1-16(24(33)17-7-9-21(10-8-17)37-15-23(31)32)29-26(34)19-5-3-18(4-6-19)25(28)30-27(35)38-22-13-11-20(36-2)12-14-22/h3-14,16H,15H2,1-2H3,(H,29,34)(H,31,32)(H2,28,30,35). The summed E-state index contributed by atoms with van der Waals surface area (Å²) in [5.74, 6) is -1.01. The summed E-state index contributed by atoms with van der Waals surface area (Å²) in [5, 5.41) is 21.7. The Morgan fingerprint density at radius 2 is 1.34 bits per heavy atom. The lowest BCUT2D eigenvalue weighted by atomic mass is 10.0. The summed E-state index contributed by atoms with van der Waals surface area (Å²) in [6, 6.07) is 17.3. The van der Waals surface area contributed by atoms with Crippen LogP contribution in [0.15, 0.2) is 72.8 Å². The van der Waals surface area contributed by atoms with Crippen LogP contribution in [0.1, 0.15) is 33.2 Å². The van der Waals surface area contributed by atoms with E-state index in [0.717, 1.165) is 0 Å². The summed E-state index contributed by atoms with van der Waals surface area (Å²) >= 11 is 0. The van der Waals surface area contributed by atoms with Gasteiger partial charge in [-0.25, -0.2) is 9.59 Å². The molecule has 0 aliphatic carbocycles. The molecule has 3 aromatic rings. The van der Waals surface area contributed by atoms with Gasteiger partial charge in [-0.1, -0.05) is 12.1 Å². The molecule has 4 N–H and O–H groups in total. The second-order valence-electron chi connectivity index (χ2n) is 7.91. The topological polar surface area (TPSA) is 164 Å². The molecular weight excluding hydrogens is 494 g/mol. The van der Waals surface area contributed by atoms with E-state index < -0.39 is 30.6 Å². The highest BCUT2D eigenvalue weighted by Gasteiger charge is 2.19. The Labute approximate surface area is 217 Å². The fourth-order valence-electron chi connectivity index (χ4n) is 3.19. The highest BCUT2D eigenvalue weighted by Crippen LogP contribution is 2.17. The first kappa shape index (κ1) is 27.4. The van der Waals surface area contributed by atoms with Crippen molar-refractivity contribution in [2.75, 3.05) is 13.7 Å². The molecular formula is C27H25N3O8. The lowest BCUT2D eigenvalue weighted by Gasteiger charge is -2.14. The van der Waals surface area contributed by atoms with Gasteiger partial charge in [0.15, 0.2) is 12.4 Å². The number of benzene rings is 3. The number of amidine groups is 1. The quantitative estimate of drug-likeness (QED) is 0.180. The van der Waals surface area contributed by atoms with Crippen molar-refractivity contribution >= 4 is 29.6 Å². The van der Waals surface area contributed by atoms with Crippen molar-refractivity contribution in [1.82, 2.24) is 10.6 Å². The minimum Gasteiger partial charge on any atom is -0.497 e. The van der Waals surface area contributed by atoms with Gasteiger partial charge in [-0.2, -0.15) is 0 Å². The fraction of sp³-hybridized carbons (Fsp3) is 0.148. The van der Waals surface area contributed by atoms with Crippen molar-refractivity contribution in [3.8, 4) is 17.2 Å². The molecule has 3 rings (SSSR count). The van der Waals surface area contributed by atoms with Gasteiger partial charge in [-0.15, -0.1) is 0 Å². The maximum Gasteiger partial charge on any atom is 0.418 e. The van der Waals surface area contributed by atoms with Gasteiger partial charge in [0.2, 0.25) is 0 Å². The summed E-state index contributed by atoms with van der Waals surface area (Å²) in [6.07, 6.45) is -0.851. The molecule has 0 bridgehead atoms. The number of carbonyl (C=O) groups excluding carboxylic acids is 3. The largest absolute Gasteiger partial charge is 0.497 e. The average molecular weight is 520 g/mol. The Balaban J connectivity index is 1.52. The number of carbonyl (C=O) groups is 4. The molecule has 0 saturated carbocycles. The van der Waals surface area contributed by atoms with Gasteiger partial charge >= 0.3 is 12.1 Å². The van der Waals surface area contributed by atoms with Crippen LogP contribution in [0.5, 0.6) is 17.2 Å². The third-order valence-electron chi connectivity index (χ3n) is 5.17. The number of aliphatic carboxylic acids is 1. The molecule has 11 nitrogen and oxygen atoms in total. The van der Waals surface area contributed by atoms with Crippen LogP contribution in [0.2, 0.25) is 0 Å². The van der Waals surface area contributed by atoms with E-state index in [4.69, 9.17) is 24.7 Å². The zero-order valence-electron chi connectivity index (χ0n) is 20.5. The van der Waals surface area contributed by atoms with Gasteiger partial charge in [-0.3, -0.25) is 20.3 Å².